The van der Waals surface area contributed by atoms with Crippen molar-refractivity contribution in [2.24, 2.45) is 0 Å². The Labute approximate surface area is 379 Å². The zero-order valence-corrected chi connectivity index (χ0v) is 36.0. The molecule has 2 aliphatic rings. The van der Waals surface area contributed by atoms with Crippen LogP contribution in [0.2, 0.25) is 0 Å². The number of carbonyl (C=O) groups is 1. The molecule has 0 atom stereocenters. The summed E-state index contributed by atoms with van der Waals surface area (Å²) in [6.45, 7) is 0. The number of alkyl halides is 3. The van der Waals surface area contributed by atoms with Gasteiger partial charge in [-0.15, -0.1) is 22.1 Å². The predicted molar refractivity (Wildman–Crippen MR) is 241 cm³/mol. The molecule has 326 valence electrons. The Morgan fingerprint density at radius 2 is 1.06 bits per heavy atom. The SMILES string of the molecule is COc1ccc(-c2c3nc(c(-c4ccc(OC)cc4)c4ccc([n-]4)c4c5c(cc6cc(nc64)c(-c4ccc(OC)cc4)c4ccc2[n-]4)=CC(=[O+]C)C=C5)C=C3)cc1.O=C([O-])C(F)(F)F.[Ni+2]. The van der Waals surface area contributed by atoms with Crippen molar-refractivity contribution in [1.82, 2.24) is 19.9 Å². The summed E-state index contributed by atoms with van der Waals surface area (Å²) < 4.78 is 53.8. The van der Waals surface area contributed by atoms with Crippen LogP contribution in [0.25, 0.3) is 102 Å². The molecule has 0 unspecified atom stereocenters. The fourth-order valence-corrected chi connectivity index (χ4v) is 7.92. The van der Waals surface area contributed by atoms with E-state index < -0.39 is 12.1 Å². The maximum Gasteiger partial charge on any atom is 2.00 e. The molecule has 5 heterocycles. The first-order valence-electron chi connectivity index (χ1n) is 19.8. The molecule has 10 rings (SSSR count). The number of carboxylic acid groups (broad SMARTS) is 1. The zero-order valence-electron chi connectivity index (χ0n) is 35.0. The van der Waals surface area contributed by atoms with Crippen molar-refractivity contribution in [3.63, 3.8) is 0 Å². The van der Waals surface area contributed by atoms with Crippen LogP contribution in [0.3, 0.4) is 0 Å². The number of ketones is 1. The maximum absolute atomic E-state index is 10.5. The van der Waals surface area contributed by atoms with Crippen molar-refractivity contribution >= 4 is 79.9 Å². The smallest absolute Gasteiger partial charge is 0.657 e. The van der Waals surface area contributed by atoms with E-state index in [0.29, 0.717) is 0 Å². The minimum absolute atomic E-state index is 0. The molecule has 1 aliphatic carbocycles. The summed E-state index contributed by atoms with van der Waals surface area (Å²) in [5, 5.41) is 11.7. The molecule has 0 spiro atoms. The molecule has 4 aromatic heterocycles. The number of benzene rings is 4. The predicted octanol–water partition coefficient (Wildman–Crippen LogP) is 8.76. The molecule has 10 nitrogen and oxygen atoms in total. The van der Waals surface area contributed by atoms with E-state index in [0.717, 1.165) is 122 Å². The number of rotatable bonds is 6. The van der Waals surface area contributed by atoms with Crippen LogP contribution in [-0.4, -0.2) is 56.3 Å². The topological polar surface area (TPSA) is 133 Å². The molecule has 0 amide bonds. The van der Waals surface area contributed by atoms with Crippen molar-refractivity contribution in [2.75, 3.05) is 28.4 Å². The van der Waals surface area contributed by atoms with Crippen LogP contribution in [0.1, 0.15) is 17.0 Å². The van der Waals surface area contributed by atoms with Gasteiger partial charge in [-0.05, 0) is 116 Å². The first-order chi connectivity index (χ1) is 31.0. The van der Waals surface area contributed by atoms with Crippen molar-refractivity contribution in [3.05, 3.63) is 137 Å². The summed E-state index contributed by atoms with van der Waals surface area (Å²) in [5.74, 6) is 0.0724. The number of carbonyl (C=O) groups excluding carboxylic acids is 2. The zero-order chi connectivity index (χ0) is 44.7. The van der Waals surface area contributed by atoms with E-state index in [4.69, 9.17) is 48.5 Å². The van der Waals surface area contributed by atoms with Crippen molar-refractivity contribution < 1.29 is 58.2 Å². The number of aliphatic carboxylic acids is 1. The van der Waals surface area contributed by atoms with Crippen LogP contribution >= 0.6 is 0 Å². The summed E-state index contributed by atoms with van der Waals surface area (Å²) in [7, 11) is 6.70. The quantitative estimate of drug-likeness (QED) is 0.119. The van der Waals surface area contributed by atoms with Gasteiger partial charge in [0.25, 0.3) is 7.11 Å². The van der Waals surface area contributed by atoms with Crippen molar-refractivity contribution in [1.29, 1.82) is 0 Å². The summed E-state index contributed by atoms with van der Waals surface area (Å²) >= 11 is 0. The third kappa shape index (κ3) is 8.43. The Balaban J connectivity index is 0.000000668. The van der Waals surface area contributed by atoms with Crippen LogP contribution in [0.15, 0.2) is 115 Å². The molecule has 65 heavy (non-hydrogen) atoms. The summed E-state index contributed by atoms with van der Waals surface area (Å²) in [6, 6.07) is 36.8. The molecule has 0 N–H and O–H groups in total. The minimum Gasteiger partial charge on any atom is -0.657 e. The second kappa shape index (κ2) is 17.8. The molecule has 4 aromatic carbocycles. The number of aromatic nitrogens is 4. The van der Waals surface area contributed by atoms with Crippen molar-refractivity contribution in [3.8, 4) is 50.6 Å². The third-order valence-electron chi connectivity index (χ3n) is 11.0. The van der Waals surface area contributed by atoms with Gasteiger partial charge < -0.3 is 34.1 Å². The first kappa shape index (κ1) is 43.9. The van der Waals surface area contributed by atoms with Gasteiger partial charge >= 0.3 is 28.5 Å². The van der Waals surface area contributed by atoms with Gasteiger partial charge in [-0.3, -0.25) is 4.42 Å². The molecule has 14 heteroatoms. The van der Waals surface area contributed by atoms with Gasteiger partial charge in [0.15, 0.2) is 0 Å². The van der Waals surface area contributed by atoms with E-state index in [-0.39, 0.29) is 16.5 Å². The number of carboxylic acids is 1. The van der Waals surface area contributed by atoms with E-state index in [1.165, 1.54) is 0 Å². The number of allylic oxidation sites excluding steroid dienone is 1. The van der Waals surface area contributed by atoms with Gasteiger partial charge in [-0.2, -0.15) is 13.2 Å². The molecular formula is C51H35F3N4NiO6. The van der Waals surface area contributed by atoms with E-state index in [9.17, 15) is 13.2 Å². The monoisotopic (exact) mass is 914 g/mol. The molecule has 8 bridgehead atoms. The number of nitrogens with zero attached hydrogens (tertiary/aromatic N) is 4. The van der Waals surface area contributed by atoms with Gasteiger partial charge in [0.1, 0.15) is 23.2 Å². The second-order valence-electron chi connectivity index (χ2n) is 14.7. The molecule has 0 fully saturated rings. The van der Waals surface area contributed by atoms with Gasteiger partial charge in [-0.1, -0.05) is 60.7 Å². The number of halogens is 3. The molecule has 0 saturated carbocycles. The second-order valence-corrected chi connectivity index (χ2v) is 14.7. The van der Waals surface area contributed by atoms with Crippen LogP contribution in [0.4, 0.5) is 13.2 Å². The van der Waals surface area contributed by atoms with E-state index in [1.54, 1.807) is 28.4 Å². The normalized spacial score (nSPS) is 12.9. The van der Waals surface area contributed by atoms with Crippen LogP contribution in [0.5, 0.6) is 17.2 Å². The Morgan fingerprint density at radius 3 is 1.52 bits per heavy atom. The standard InChI is InChI=1S/C49H35N4O4.C2HF3O2.Ni/c1-54-33-11-5-28(6-12-33)45-38-19-20-39(50-38)46(29-7-13-34(55-2)14-8-29)41-23-24-43(52-41)48-37-18-17-36(57-4)26-31(37)25-32-27-44(53-49(32)48)47(42-22-21-40(45)51-42)30-9-15-35(56-3)16-10-30;3-2(4,5)1(6)7;/h5-27H,1-4H3;(H,6,7);/q-1;;+2/p-1. The number of fused-ring (bicyclic) bond motifs is 10. The van der Waals surface area contributed by atoms with Crippen molar-refractivity contribution in [2.45, 2.75) is 6.18 Å². The van der Waals surface area contributed by atoms with E-state index >= 15 is 0 Å². The number of methoxy groups -OCH3 is 3. The summed E-state index contributed by atoms with van der Waals surface area (Å²) in [5.41, 5.74) is 13.0. The third-order valence-corrected chi connectivity index (χ3v) is 11.0. The first-order valence-corrected chi connectivity index (χ1v) is 19.8. The molecule has 1 aliphatic heterocycles. The number of ether oxygens (including phenoxy) is 3. The Hall–Kier alpha value is -7.70. The number of hydrogen-bond acceptors (Lipinski definition) is 7. The Kier molecular flexibility index (Phi) is 12.0. The van der Waals surface area contributed by atoms with Crippen LogP contribution in [-0.2, 0) is 25.7 Å². The largest absolute Gasteiger partial charge is 2.00 e. The average Bonchev–Trinajstić information content (AvgIpc) is 4.15. The van der Waals surface area contributed by atoms with Gasteiger partial charge in [-0.25, -0.2) is 9.97 Å². The molecular weight excluding hydrogens is 880 g/mol. The fraction of sp³-hybridized carbons (Fsp3) is 0.0980. The van der Waals surface area contributed by atoms with Gasteiger partial charge in [0.2, 0.25) is 0 Å². The van der Waals surface area contributed by atoms with Gasteiger partial charge in [0.05, 0.1) is 43.8 Å². The van der Waals surface area contributed by atoms with E-state index in [2.05, 4.69) is 97.1 Å². The number of hydrogen-bond donors (Lipinski definition) is 0. The summed E-state index contributed by atoms with van der Waals surface area (Å²) in [6.07, 6.45) is 5.09. The van der Waals surface area contributed by atoms with E-state index in [1.807, 2.05) is 42.5 Å². The van der Waals surface area contributed by atoms with Crippen LogP contribution < -0.4 is 34.5 Å². The van der Waals surface area contributed by atoms with Crippen LogP contribution in [0, 0.1) is 0 Å². The Morgan fingerprint density at radius 1 is 0.615 bits per heavy atom. The summed E-state index contributed by atoms with van der Waals surface area (Å²) in [4.78, 5) is 30.4. The Bertz CT molecular complexity index is 3410. The average molecular weight is 916 g/mol. The molecule has 8 aromatic rings. The minimum atomic E-state index is -5.19. The fourth-order valence-electron chi connectivity index (χ4n) is 7.92. The van der Waals surface area contributed by atoms with Gasteiger partial charge in [0, 0.05) is 17.5 Å². The maximum atomic E-state index is 10.5. The molecule has 0 saturated heterocycles. The molecule has 0 radical (unpaired) electrons.